The van der Waals surface area contributed by atoms with E-state index in [9.17, 15) is 9.59 Å². The lowest BCUT2D eigenvalue weighted by Gasteiger charge is -2.14. The number of rotatable bonds is 11. The fourth-order valence-corrected chi connectivity index (χ4v) is 6.25. The second-order valence-corrected chi connectivity index (χ2v) is 9.69. The van der Waals surface area contributed by atoms with E-state index < -0.39 is 0 Å². The summed E-state index contributed by atoms with van der Waals surface area (Å²) in [6.45, 7) is 2.24. The topological polar surface area (TPSA) is 46.2 Å². The second kappa shape index (κ2) is 10.1. The third-order valence-corrected chi connectivity index (χ3v) is 7.45. The van der Waals surface area contributed by atoms with Gasteiger partial charge in [-0.05, 0) is 12.8 Å². The van der Waals surface area contributed by atoms with E-state index in [1.54, 1.807) is 5.38 Å². The minimum Gasteiger partial charge on any atom is -0.288 e. The van der Waals surface area contributed by atoms with Crippen LogP contribution in [0.15, 0.2) is 5.38 Å². The Morgan fingerprint density at radius 1 is 1.04 bits per heavy atom. The number of unbranched alkanes of at least 4 members (excludes halogenated alkanes) is 6. The number of halogens is 2. The van der Waals surface area contributed by atoms with Crippen molar-refractivity contribution in [1.29, 1.82) is 0 Å². The standard InChI is InChI=1S/C18H25Br2NO2S/c1-2-3-4-5-6-7-8-9-12(19)10-14(20)16-15-13(11-24-16)17(22)21-18(15)23/h11-12,14H,2-10H2,1H3,(H,21,22,23). The molecule has 1 aromatic heterocycles. The van der Waals surface area contributed by atoms with Crippen molar-refractivity contribution in [2.75, 3.05) is 0 Å². The van der Waals surface area contributed by atoms with E-state index in [1.807, 2.05) is 0 Å². The molecule has 0 saturated heterocycles. The van der Waals surface area contributed by atoms with Gasteiger partial charge >= 0.3 is 0 Å². The molecule has 0 radical (unpaired) electrons. The number of thiophene rings is 1. The number of hydrogen-bond acceptors (Lipinski definition) is 3. The van der Waals surface area contributed by atoms with Gasteiger partial charge in [-0.1, -0.05) is 83.7 Å². The molecule has 0 bridgehead atoms. The normalized spacial score (nSPS) is 16.1. The first-order chi connectivity index (χ1) is 11.5. The van der Waals surface area contributed by atoms with Crippen molar-refractivity contribution < 1.29 is 9.59 Å². The molecule has 1 N–H and O–H groups in total. The van der Waals surface area contributed by atoms with Crippen LogP contribution in [0.3, 0.4) is 0 Å². The average Bonchev–Trinajstić information content (AvgIpc) is 3.09. The molecule has 2 atom stereocenters. The number of imide groups is 1. The Bertz CT molecular complexity index is 573. The number of carbonyl (C=O) groups is 2. The summed E-state index contributed by atoms with van der Waals surface area (Å²) >= 11 is 8.98. The first-order valence-electron chi connectivity index (χ1n) is 8.79. The maximum atomic E-state index is 11.9. The number of carbonyl (C=O) groups excluding carboxylic acids is 2. The highest BCUT2D eigenvalue weighted by molar-refractivity contribution is 9.10. The van der Waals surface area contributed by atoms with E-state index in [0.29, 0.717) is 16.0 Å². The molecule has 2 amide bonds. The molecule has 2 heterocycles. The number of alkyl halides is 2. The average molecular weight is 479 g/mol. The molecule has 0 aliphatic carbocycles. The largest absolute Gasteiger partial charge is 0.288 e. The molecule has 1 aliphatic rings. The number of nitrogens with one attached hydrogen (secondary N) is 1. The van der Waals surface area contributed by atoms with Crippen LogP contribution in [0.1, 0.15) is 95.1 Å². The Morgan fingerprint density at radius 3 is 2.42 bits per heavy atom. The molecule has 0 aromatic carbocycles. The van der Waals surface area contributed by atoms with Crippen molar-refractivity contribution in [1.82, 2.24) is 5.32 Å². The predicted octanol–water partition coefficient (Wildman–Crippen LogP) is 6.36. The fraction of sp³-hybridized carbons (Fsp3) is 0.667. The third-order valence-electron chi connectivity index (χ3n) is 4.39. The molecule has 0 fully saturated rings. The van der Waals surface area contributed by atoms with Gasteiger partial charge in [-0.15, -0.1) is 11.3 Å². The van der Waals surface area contributed by atoms with Gasteiger partial charge in [0, 0.05) is 15.1 Å². The highest BCUT2D eigenvalue weighted by atomic mass is 79.9. The van der Waals surface area contributed by atoms with Crippen LogP contribution in [0.25, 0.3) is 0 Å². The highest BCUT2D eigenvalue weighted by Gasteiger charge is 2.33. The van der Waals surface area contributed by atoms with Crippen molar-refractivity contribution in [3.63, 3.8) is 0 Å². The molecule has 6 heteroatoms. The Morgan fingerprint density at radius 2 is 1.71 bits per heavy atom. The Labute approximate surface area is 165 Å². The van der Waals surface area contributed by atoms with Gasteiger partial charge < -0.3 is 0 Å². The second-order valence-electron chi connectivity index (χ2n) is 6.38. The van der Waals surface area contributed by atoms with Crippen molar-refractivity contribution in [3.05, 3.63) is 21.4 Å². The van der Waals surface area contributed by atoms with Crippen LogP contribution in [-0.4, -0.2) is 16.6 Å². The van der Waals surface area contributed by atoms with E-state index >= 15 is 0 Å². The molecular formula is C18H25Br2NO2S. The molecule has 24 heavy (non-hydrogen) atoms. The quantitative estimate of drug-likeness (QED) is 0.228. The van der Waals surface area contributed by atoms with Gasteiger partial charge in [-0.2, -0.15) is 0 Å². The number of hydrogen-bond donors (Lipinski definition) is 1. The van der Waals surface area contributed by atoms with E-state index in [4.69, 9.17) is 0 Å². The summed E-state index contributed by atoms with van der Waals surface area (Å²) in [6.07, 6.45) is 11.3. The van der Waals surface area contributed by atoms with Gasteiger partial charge in [0.1, 0.15) is 0 Å². The van der Waals surface area contributed by atoms with Crippen molar-refractivity contribution >= 4 is 55.0 Å². The molecule has 1 aromatic rings. The van der Waals surface area contributed by atoms with Crippen molar-refractivity contribution in [3.8, 4) is 0 Å². The van der Waals surface area contributed by atoms with Gasteiger partial charge in [-0.25, -0.2) is 0 Å². The number of amides is 2. The monoisotopic (exact) mass is 477 g/mol. The van der Waals surface area contributed by atoms with Gasteiger partial charge in [0.05, 0.1) is 16.0 Å². The molecule has 2 unspecified atom stereocenters. The van der Waals surface area contributed by atoms with Crippen LogP contribution in [0.2, 0.25) is 0 Å². The van der Waals surface area contributed by atoms with Crippen LogP contribution in [0.4, 0.5) is 0 Å². The summed E-state index contributed by atoms with van der Waals surface area (Å²) in [4.78, 5) is 25.1. The molecule has 1 aliphatic heterocycles. The van der Waals surface area contributed by atoms with E-state index in [1.165, 1.54) is 56.3 Å². The molecular weight excluding hydrogens is 454 g/mol. The molecule has 0 spiro atoms. The summed E-state index contributed by atoms with van der Waals surface area (Å²) in [7, 11) is 0. The van der Waals surface area contributed by atoms with Crippen molar-refractivity contribution in [2.24, 2.45) is 0 Å². The minimum atomic E-state index is -0.268. The Kier molecular flexibility index (Phi) is 8.44. The lowest BCUT2D eigenvalue weighted by atomic mass is 10.0. The summed E-state index contributed by atoms with van der Waals surface area (Å²) < 4.78 is 0. The van der Waals surface area contributed by atoms with Crippen LogP contribution < -0.4 is 5.32 Å². The maximum absolute atomic E-state index is 11.9. The maximum Gasteiger partial charge on any atom is 0.260 e. The van der Waals surface area contributed by atoms with Crippen LogP contribution in [-0.2, 0) is 0 Å². The Balaban J connectivity index is 1.73. The van der Waals surface area contributed by atoms with Gasteiger partial charge in [0.25, 0.3) is 11.8 Å². The summed E-state index contributed by atoms with van der Waals surface area (Å²) in [5.74, 6) is -0.524. The molecule has 134 valence electrons. The van der Waals surface area contributed by atoms with E-state index in [-0.39, 0.29) is 16.6 Å². The highest BCUT2D eigenvalue weighted by Crippen LogP contribution is 2.40. The lowest BCUT2D eigenvalue weighted by Crippen LogP contribution is -2.20. The summed E-state index contributed by atoms with van der Waals surface area (Å²) in [5, 5.41) is 4.16. The molecule has 3 nitrogen and oxygen atoms in total. The molecule has 0 saturated carbocycles. The van der Waals surface area contributed by atoms with E-state index in [2.05, 4.69) is 44.1 Å². The van der Waals surface area contributed by atoms with Crippen LogP contribution in [0, 0.1) is 0 Å². The zero-order chi connectivity index (χ0) is 17.5. The van der Waals surface area contributed by atoms with Crippen molar-refractivity contribution in [2.45, 2.75) is 74.4 Å². The predicted molar refractivity (Wildman–Crippen MR) is 108 cm³/mol. The third kappa shape index (κ3) is 5.40. The molecule has 2 rings (SSSR count). The van der Waals surface area contributed by atoms with Crippen LogP contribution in [0.5, 0.6) is 0 Å². The van der Waals surface area contributed by atoms with Gasteiger partial charge in [-0.3, -0.25) is 14.9 Å². The smallest absolute Gasteiger partial charge is 0.260 e. The summed E-state index contributed by atoms with van der Waals surface area (Å²) in [5.41, 5.74) is 1.10. The Hall–Kier alpha value is -0.200. The zero-order valence-electron chi connectivity index (χ0n) is 14.1. The first-order valence-corrected chi connectivity index (χ1v) is 11.5. The lowest BCUT2D eigenvalue weighted by molar-refractivity contribution is 0.0879. The first kappa shape index (κ1) is 20.1. The zero-order valence-corrected chi connectivity index (χ0v) is 18.1. The van der Waals surface area contributed by atoms with Gasteiger partial charge in [0.2, 0.25) is 0 Å². The fourth-order valence-electron chi connectivity index (χ4n) is 3.01. The van der Waals surface area contributed by atoms with Gasteiger partial charge in [0.15, 0.2) is 0 Å². The SMILES string of the molecule is CCCCCCCCCC(Br)CC(Br)c1scc2c1C(=O)NC2=O. The minimum absolute atomic E-state index is 0.108. The number of fused-ring (bicyclic) bond motifs is 1. The van der Waals surface area contributed by atoms with Crippen LogP contribution >= 0.6 is 43.2 Å². The van der Waals surface area contributed by atoms with E-state index in [0.717, 1.165) is 17.7 Å². The summed E-state index contributed by atoms with van der Waals surface area (Å²) in [6, 6.07) is 0.